The molecule has 1 fully saturated rings. The summed E-state index contributed by atoms with van der Waals surface area (Å²) in [5.74, 6) is -6.02. The van der Waals surface area contributed by atoms with Crippen LogP contribution in [-0.2, 0) is 30.5 Å². The van der Waals surface area contributed by atoms with Gasteiger partial charge in [-0.25, -0.2) is 49.4 Å². The second-order valence-electron chi connectivity index (χ2n) is 22.3. The highest BCUT2D eigenvalue weighted by atomic mass is 32.1. The van der Waals surface area contributed by atoms with E-state index in [1.54, 1.807) is 70.9 Å². The van der Waals surface area contributed by atoms with E-state index >= 15 is 0 Å². The van der Waals surface area contributed by atoms with Crippen LogP contribution in [0.15, 0.2) is 88.3 Å². The number of carboxylic acid groups (broad SMARTS) is 2. The molecule has 486 valence electrons. The van der Waals surface area contributed by atoms with Crippen LogP contribution in [0.4, 0.5) is 16.3 Å². The molecule has 2 aromatic carbocycles. The molecule has 1 saturated carbocycles. The van der Waals surface area contributed by atoms with Gasteiger partial charge in [-0.1, -0.05) is 50.2 Å². The Labute approximate surface area is 560 Å². The van der Waals surface area contributed by atoms with Gasteiger partial charge in [0.2, 0.25) is 11.8 Å². The first-order chi connectivity index (χ1) is 45.2. The molecule has 5 amide bonds. The number of amides is 5. The molecule has 0 saturated heterocycles. The lowest BCUT2D eigenvalue weighted by molar-refractivity contribution is -0.143. The number of thiazole rings is 6. The highest BCUT2D eigenvalue weighted by Crippen LogP contribution is 2.42. The summed E-state index contributed by atoms with van der Waals surface area (Å²) < 4.78 is 11.4. The average molecular weight is 1390 g/mol. The quantitative estimate of drug-likeness (QED) is 0.0564. The molecule has 10 bridgehead atoms. The summed E-state index contributed by atoms with van der Waals surface area (Å²) in [7, 11) is 2.94. The van der Waals surface area contributed by atoms with Gasteiger partial charge in [-0.05, 0) is 74.4 Å². The zero-order chi connectivity index (χ0) is 66.5. The van der Waals surface area contributed by atoms with Gasteiger partial charge in [-0.3, -0.25) is 28.8 Å². The standard InChI is InChI=1S/C63H60N12O13S6/c1-29(2)37-21-43(76)48-30(3)93-59(73-48)39(22-46(77)64-4)67-53(80)41-26-89-55(69-41)36-18-19-38(57-71-45(28-92-57)75(34-13-9-12-33(20-34)62(84)85)63(86)88-35-16-14-32(15-17-35)61(82)83)66-49(36)40-25-90-58(68-40)42-27-91-60(70-42)51(52(79)31-10-7-6-8-11-31)72-47(78)23-65-54(81)50-44(24-87-5)94-56(37)74-50/h6-13,18-20,25-29,32,35,37,39,51-52,79H,14-17,21-24H2,1-5H3,(H,64,77)(H,65,81)(H,67,80)(H,72,78)(H,82,83)(H,84,85)/t32?,35?,37?,39-,51-,52-/m0/s1. The third kappa shape index (κ3) is 14.8. The number of nitrogens with zero attached hydrogens (tertiary/aromatic N) is 8. The molecule has 2 aliphatic rings. The van der Waals surface area contributed by atoms with Crippen molar-refractivity contribution < 1.29 is 63.1 Å². The molecule has 0 spiro atoms. The van der Waals surface area contributed by atoms with Gasteiger partial charge >= 0.3 is 18.0 Å². The number of aryl methyl sites for hydroxylation is 1. The van der Waals surface area contributed by atoms with E-state index in [9.17, 15) is 53.7 Å². The van der Waals surface area contributed by atoms with Crippen LogP contribution in [-0.4, -0.2) is 124 Å². The molecular formula is C63H60N12O13S6. The number of carboxylic acids is 2. The predicted molar refractivity (Wildman–Crippen MR) is 354 cm³/mol. The average Bonchev–Trinajstić information content (AvgIpc) is 1.62. The number of anilines is 2. The number of ether oxygens (including phenoxy) is 2. The van der Waals surface area contributed by atoms with E-state index in [-0.39, 0.29) is 71.0 Å². The molecule has 8 heterocycles. The number of benzene rings is 2. The van der Waals surface area contributed by atoms with Crippen molar-refractivity contribution in [1.29, 1.82) is 0 Å². The number of rotatable bonds is 13. The van der Waals surface area contributed by atoms with Crippen LogP contribution in [0, 0.1) is 18.8 Å². The van der Waals surface area contributed by atoms with E-state index in [1.165, 1.54) is 61.1 Å². The number of aromatic nitrogens is 7. The van der Waals surface area contributed by atoms with E-state index < -0.39 is 84.3 Å². The number of hydrogen-bond donors (Lipinski definition) is 7. The Morgan fingerprint density at radius 1 is 0.713 bits per heavy atom. The highest BCUT2D eigenvalue weighted by molar-refractivity contribution is 7.15. The lowest BCUT2D eigenvalue weighted by atomic mass is 9.87. The molecular weight excluding hydrogens is 1330 g/mol. The maximum Gasteiger partial charge on any atom is 0.420 e. The van der Waals surface area contributed by atoms with Gasteiger partial charge < -0.3 is 46.1 Å². The van der Waals surface area contributed by atoms with Gasteiger partial charge in [0.25, 0.3) is 11.8 Å². The van der Waals surface area contributed by atoms with Gasteiger partial charge in [0.15, 0.2) is 11.6 Å². The minimum Gasteiger partial charge on any atom is -0.481 e. The fourth-order valence-electron chi connectivity index (χ4n) is 10.7. The number of carbonyl (C=O) groups excluding carboxylic acids is 6. The van der Waals surface area contributed by atoms with Gasteiger partial charge in [0.05, 0.1) is 58.4 Å². The van der Waals surface area contributed by atoms with Crippen LogP contribution >= 0.6 is 68.0 Å². The summed E-state index contributed by atoms with van der Waals surface area (Å²) in [6.45, 7) is 5.07. The van der Waals surface area contributed by atoms with E-state index in [0.29, 0.717) is 93.7 Å². The second kappa shape index (κ2) is 29.1. The molecule has 4 atom stereocenters. The van der Waals surface area contributed by atoms with E-state index in [4.69, 9.17) is 44.4 Å². The first kappa shape index (κ1) is 66.5. The van der Waals surface area contributed by atoms with Crippen molar-refractivity contribution in [2.45, 2.75) is 96.1 Å². The Bertz CT molecular complexity index is 4340. The van der Waals surface area contributed by atoms with Crippen LogP contribution < -0.4 is 26.2 Å². The molecule has 1 unspecified atom stereocenters. The number of aliphatic carboxylic acids is 1. The Kier molecular flexibility index (Phi) is 20.6. The van der Waals surface area contributed by atoms with Crippen molar-refractivity contribution in [2.24, 2.45) is 11.8 Å². The van der Waals surface area contributed by atoms with Gasteiger partial charge in [-0.2, -0.15) is 0 Å². The number of pyridine rings is 1. The molecule has 94 heavy (non-hydrogen) atoms. The number of aliphatic hydroxyl groups is 1. The van der Waals surface area contributed by atoms with Crippen molar-refractivity contribution >= 4 is 127 Å². The van der Waals surface area contributed by atoms with Crippen molar-refractivity contribution in [3.8, 4) is 43.4 Å². The number of carbonyl (C=O) groups is 8. The zero-order valence-corrected chi connectivity index (χ0v) is 55.7. The number of methoxy groups -OCH3 is 1. The lowest BCUT2D eigenvalue weighted by Crippen LogP contribution is -2.40. The lowest BCUT2D eigenvalue weighted by Gasteiger charge is -2.28. The third-order valence-electron chi connectivity index (χ3n) is 15.6. The number of ketones is 1. The fourth-order valence-corrected chi connectivity index (χ4v) is 16.3. The molecule has 0 radical (unpaired) electrons. The second-order valence-corrected chi connectivity index (χ2v) is 28.1. The molecule has 1 aliphatic heterocycles. The topological polar surface area (TPSA) is 357 Å². The monoisotopic (exact) mass is 1380 g/mol. The summed E-state index contributed by atoms with van der Waals surface area (Å²) >= 11 is 7.02. The highest BCUT2D eigenvalue weighted by Gasteiger charge is 2.35. The van der Waals surface area contributed by atoms with Crippen molar-refractivity contribution in [3.63, 3.8) is 0 Å². The molecule has 7 N–H and O–H groups in total. The van der Waals surface area contributed by atoms with Crippen LogP contribution in [0.1, 0.15) is 149 Å². The first-order valence-electron chi connectivity index (χ1n) is 29.5. The maximum absolute atomic E-state index is 14.5. The number of aromatic carboxylic acids is 1. The molecule has 11 rings (SSSR count). The largest absolute Gasteiger partial charge is 0.481 e. The number of Topliss-reactive ketones (excluding diaryl/α,β-unsaturated/α-hetero) is 1. The Morgan fingerprint density at radius 3 is 2.16 bits per heavy atom. The van der Waals surface area contributed by atoms with Crippen LogP contribution in [0.2, 0.25) is 0 Å². The Hall–Kier alpha value is -8.95. The zero-order valence-electron chi connectivity index (χ0n) is 50.8. The van der Waals surface area contributed by atoms with Gasteiger partial charge in [0.1, 0.15) is 77.5 Å². The van der Waals surface area contributed by atoms with Crippen molar-refractivity contribution in [3.05, 3.63) is 141 Å². The van der Waals surface area contributed by atoms with Crippen molar-refractivity contribution in [1.82, 2.24) is 56.2 Å². The Balaban J connectivity index is 0.990. The maximum atomic E-state index is 14.5. The summed E-state index contributed by atoms with van der Waals surface area (Å²) in [6.07, 6.45) is -1.87. The smallest absolute Gasteiger partial charge is 0.420 e. The molecule has 7 aromatic heterocycles. The normalized spacial score (nSPS) is 18.3. The first-order valence-corrected chi connectivity index (χ1v) is 34.6. The predicted octanol–water partition coefficient (Wildman–Crippen LogP) is 10.8. The van der Waals surface area contributed by atoms with Gasteiger partial charge in [0, 0.05) is 58.5 Å². The SMILES string of the molecule is CNC(=O)C[C@@H]1NC(=O)c2csc(n2)-c2ccc(-c3nc(N(C(=O)OC4CCC(C(=O)O)CC4)c4cccc(C(=O)O)c4)cs3)nc2-c2csc(n2)-c2csc(n2)[C@H]([C@@H](O)c2ccccc2)NC(=O)CNC(=O)c2nc(sc2COC)C(C(C)C)CC(=O)c2nc1sc2C. The van der Waals surface area contributed by atoms with E-state index in [0.717, 1.165) is 50.2 Å². The van der Waals surface area contributed by atoms with Crippen LogP contribution in [0.3, 0.4) is 0 Å². The molecule has 25 nitrogen and oxygen atoms in total. The van der Waals surface area contributed by atoms with Crippen LogP contribution in [0.25, 0.3) is 43.4 Å². The van der Waals surface area contributed by atoms with Crippen LogP contribution in [0.5, 0.6) is 0 Å². The third-order valence-corrected chi connectivity index (χ3v) is 21.4. The minimum absolute atomic E-state index is 0.00892. The number of fused-ring (bicyclic) bond motifs is 14. The fraction of sp³-hybridized carbons (Fsp3) is 0.317. The van der Waals surface area contributed by atoms with E-state index in [1.807, 2.05) is 13.8 Å². The summed E-state index contributed by atoms with van der Waals surface area (Å²) in [6, 6.07) is 15.7. The molecule has 31 heteroatoms. The van der Waals surface area contributed by atoms with Gasteiger partial charge in [-0.15, -0.1) is 68.0 Å². The Morgan fingerprint density at radius 2 is 1.43 bits per heavy atom. The number of nitrogens with one attached hydrogen (secondary N) is 4. The number of aliphatic hydroxyl groups excluding tert-OH is 1. The summed E-state index contributed by atoms with van der Waals surface area (Å²) in [5.41, 5.74) is 2.40. The molecule has 9 aromatic rings. The summed E-state index contributed by atoms with van der Waals surface area (Å²) in [5, 5.41) is 51.5. The van der Waals surface area contributed by atoms with Crippen molar-refractivity contribution in [2.75, 3.05) is 25.6 Å². The molecule has 1 aliphatic carbocycles. The number of hydrogen-bond acceptors (Lipinski definition) is 24. The van der Waals surface area contributed by atoms with E-state index in [2.05, 4.69) is 21.3 Å². The summed E-state index contributed by atoms with van der Waals surface area (Å²) in [4.78, 5) is 145. The minimum atomic E-state index is -1.31.